The second kappa shape index (κ2) is 5.71. The fourth-order valence-corrected chi connectivity index (χ4v) is 3.42. The highest BCUT2D eigenvalue weighted by atomic mass is 32.2. The third-order valence-corrected chi connectivity index (χ3v) is 5.00. The number of nitrogens with two attached hydrogens (primary N) is 1. The van der Waals surface area contributed by atoms with Crippen LogP contribution in [0.3, 0.4) is 0 Å². The van der Waals surface area contributed by atoms with Gasteiger partial charge in [0, 0.05) is 19.6 Å². The SMILES string of the molecule is NCC(C(=O)N1CCS(=O)(=O)CC1)c1ccccc1. The van der Waals surface area contributed by atoms with Crippen LogP contribution in [-0.4, -0.2) is 50.4 Å². The van der Waals surface area contributed by atoms with E-state index in [0.29, 0.717) is 0 Å². The molecule has 5 nitrogen and oxygen atoms in total. The van der Waals surface area contributed by atoms with Gasteiger partial charge in [-0.3, -0.25) is 4.79 Å². The number of rotatable bonds is 3. The Balaban J connectivity index is 2.10. The minimum absolute atomic E-state index is 0.0464. The van der Waals surface area contributed by atoms with E-state index in [1.165, 1.54) is 0 Å². The number of hydrogen-bond acceptors (Lipinski definition) is 4. The van der Waals surface area contributed by atoms with Gasteiger partial charge < -0.3 is 10.6 Å². The standard InChI is InChI=1S/C13H18N2O3S/c14-10-12(11-4-2-1-3-5-11)13(16)15-6-8-19(17,18)9-7-15/h1-5,12H,6-10,14H2. The van der Waals surface area contributed by atoms with Gasteiger partial charge in [0.25, 0.3) is 0 Å². The van der Waals surface area contributed by atoms with E-state index < -0.39 is 9.84 Å². The predicted molar refractivity (Wildman–Crippen MR) is 73.5 cm³/mol. The molecule has 1 aliphatic rings. The second-order valence-electron chi connectivity index (χ2n) is 4.68. The van der Waals surface area contributed by atoms with Crippen molar-refractivity contribution in [1.82, 2.24) is 4.90 Å². The highest BCUT2D eigenvalue weighted by Gasteiger charge is 2.29. The summed E-state index contributed by atoms with van der Waals surface area (Å²) in [5, 5.41) is 0. The smallest absolute Gasteiger partial charge is 0.231 e. The maximum Gasteiger partial charge on any atom is 0.231 e. The summed E-state index contributed by atoms with van der Waals surface area (Å²) in [6, 6.07) is 9.36. The van der Waals surface area contributed by atoms with Gasteiger partial charge in [-0.05, 0) is 5.56 Å². The molecule has 0 aromatic heterocycles. The van der Waals surface area contributed by atoms with Crippen LogP contribution in [0, 0.1) is 0 Å². The summed E-state index contributed by atoms with van der Waals surface area (Å²) in [5.41, 5.74) is 6.58. The lowest BCUT2D eigenvalue weighted by atomic mass is 9.98. The highest BCUT2D eigenvalue weighted by molar-refractivity contribution is 7.91. The average Bonchev–Trinajstić information content (AvgIpc) is 2.40. The molecule has 1 fully saturated rings. The van der Waals surface area contributed by atoms with Crippen molar-refractivity contribution < 1.29 is 13.2 Å². The first-order valence-electron chi connectivity index (χ1n) is 6.28. The van der Waals surface area contributed by atoms with Crippen molar-refractivity contribution >= 4 is 15.7 Å². The van der Waals surface area contributed by atoms with Gasteiger partial charge >= 0.3 is 0 Å². The average molecular weight is 282 g/mol. The molecule has 2 rings (SSSR count). The summed E-state index contributed by atoms with van der Waals surface area (Å²) in [6.45, 7) is 0.765. The molecule has 1 amide bonds. The molecule has 0 aliphatic carbocycles. The third kappa shape index (κ3) is 3.33. The largest absolute Gasteiger partial charge is 0.340 e. The first kappa shape index (κ1) is 14.0. The molecule has 1 heterocycles. The quantitative estimate of drug-likeness (QED) is 0.845. The van der Waals surface area contributed by atoms with Crippen LogP contribution in [0.4, 0.5) is 0 Å². The topological polar surface area (TPSA) is 80.5 Å². The summed E-state index contributed by atoms with van der Waals surface area (Å²) in [6.07, 6.45) is 0. The summed E-state index contributed by atoms with van der Waals surface area (Å²) >= 11 is 0. The molecule has 0 spiro atoms. The van der Waals surface area contributed by atoms with E-state index in [0.717, 1.165) is 5.56 Å². The molecule has 1 aromatic rings. The van der Waals surface area contributed by atoms with Gasteiger partial charge in [-0.15, -0.1) is 0 Å². The summed E-state index contributed by atoms with van der Waals surface area (Å²) in [4.78, 5) is 14.0. The minimum atomic E-state index is -2.97. The summed E-state index contributed by atoms with van der Waals surface area (Å²) < 4.78 is 22.7. The monoisotopic (exact) mass is 282 g/mol. The number of nitrogens with zero attached hydrogens (tertiary/aromatic N) is 1. The molecule has 0 saturated carbocycles. The fraction of sp³-hybridized carbons (Fsp3) is 0.462. The van der Waals surface area contributed by atoms with Gasteiger partial charge in [0.05, 0.1) is 17.4 Å². The third-order valence-electron chi connectivity index (χ3n) is 3.39. The molecule has 19 heavy (non-hydrogen) atoms. The Morgan fingerprint density at radius 3 is 2.32 bits per heavy atom. The van der Waals surface area contributed by atoms with E-state index in [1.54, 1.807) is 4.90 Å². The van der Waals surface area contributed by atoms with E-state index in [4.69, 9.17) is 5.73 Å². The van der Waals surface area contributed by atoms with Crippen molar-refractivity contribution in [2.24, 2.45) is 5.73 Å². The van der Waals surface area contributed by atoms with Gasteiger partial charge in [0.2, 0.25) is 5.91 Å². The molecular weight excluding hydrogens is 264 g/mol. The van der Waals surface area contributed by atoms with Gasteiger partial charge in [-0.2, -0.15) is 0 Å². The summed E-state index contributed by atoms with van der Waals surface area (Å²) in [5.74, 6) is -0.374. The zero-order chi connectivity index (χ0) is 13.9. The zero-order valence-electron chi connectivity index (χ0n) is 10.7. The molecule has 1 aromatic carbocycles. The van der Waals surface area contributed by atoms with Crippen molar-refractivity contribution in [3.05, 3.63) is 35.9 Å². The van der Waals surface area contributed by atoms with Gasteiger partial charge in [0.15, 0.2) is 9.84 Å². The van der Waals surface area contributed by atoms with E-state index in [9.17, 15) is 13.2 Å². The molecular formula is C13H18N2O3S. The van der Waals surface area contributed by atoms with Crippen LogP contribution in [0.15, 0.2) is 30.3 Å². The lowest BCUT2D eigenvalue weighted by molar-refractivity contribution is -0.132. The first-order chi connectivity index (χ1) is 9.03. The minimum Gasteiger partial charge on any atom is -0.340 e. The van der Waals surface area contributed by atoms with E-state index in [-0.39, 0.29) is 43.0 Å². The van der Waals surface area contributed by atoms with Gasteiger partial charge in [-0.25, -0.2) is 8.42 Å². The van der Waals surface area contributed by atoms with Crippen LogP contribution in [0.25, 0.3) is 0 Å². The Morgan fingerprint density at radius 1 is 1.21 bits per heavy atom. The molecule has 1 saturated heterocycles. The Morgan fingerprint density at radius 2 is 1.79 bits per heavy atom. The predicted octanol–water partition coefficient (Wildman–Crippen LogP) is -0.0141. The lowest BCUT2D eigenvalue weighted by Gasteiger charge is -2.30. The Bertz CT molecular complexity index is 528. The Kier molecular flexibility index (Phi) is 4.21. The van der Waals surface area contributed by atoms with E-state index in [2.05, 4.69) is 0 Å². The van der Waals surface area contributed by atoms with Crippen molar-refractivity contribution in [2.45, 2.75) is 5.92 Å². The van der Waals surface area contributed by atoms with Crippen LogP contribution in [0.2, 0.25) is 0 Å². The van der Waals surface area contributed by atoms with Gasteiger partial charge in [-0.1, -0.05) is 30.3 Å². The number of carbonyl (C=O) groups is 1. The maximum atomic E-state index is 12.4. The number of carbonyl (C=O) groups excluding carboxylic acids is 1. The first-order valence-corrected chi connectivity index (χ1v) is 8.10. The second-order valence-corrected chi connectivity index (χ2v) is 6.98. The molecule has 0 radical (unpaired) electrons. The van der Waals surface area contributed by atoms with Crippen LogP contribution in [0.5, 0.6) is 0 Å². The molecule has 2 N–H and O–H groups in total. The van der Waals surface area contributed by atoms with E-state index >= 15 is 0 Å². The Hall–Kier alpha value is -1.40. The molecule has 104 valence electrons. The van der Waals surface area contributed by atoms with E-state index in [1.807, 2.05) is 30.3 Å². The zero-order valence-corrected chi connectivity index (χ0v) is 11.5. The van der Waals surface area contributed by atoms with Crippen molar-refractivity contribution in [2.75, 3.05) is 31.1 Å². The maximum absolute atomic E-state index is 12.4. The van der Waals surface area contributed by atoms with Crippen LogP contribution in [0.1, 0.15) is 11.5 Å². The van der Waals surface area contributed by atoms with Crippen molar-refractivity contribution in [1.29, 1.82) is 0 Å². The number of benzene rings is 1. The van der Waals surface area contributed by atoms with Crippen LogP contribution < -0.4 is 5.73 Å². The normalized spacial score (nSPS) is 19.9. The summed E-state index contributed by atoms with van der Waals surface area (Å²) in [7, 11) is -2.97. The fourth-order valence-electron chi connectivity index (χ4n) is 2.22. The number of amides is 1. The molecule has 6 heteroatoms. The van der Waals surface area contributed by atoms with Crippen LogP contribution >= 0.6 is 0 Å². The molecule has 1 unspecified atom stereocenters. The Labute approximate surface area is 113 Å². The van der Waals surface area contributed by atoms with Crippen LogP contribution in [-0.2, 0) is 14.6 Å². The number of hydrogen-bond donors (Lipinski definition) is 1. The molecule has 1 aliphatic heterocycles. The van der Waals surface area contributed by atoms with Crippen molar-refractivity contribution in [3.63, 3.8) is 0 Å². The molecule has 1 atom stereocenters. The highest BCUT2D eigenvalue weighted by Crippen LogP contribution is 2.18. The van der Waals surface area contributed by atoms with Gasteiger partial charge in [0.1, 0.15) is 0 Å². The molecule has 0 bridgehead atoms. The van der Waals surface area contributed by atoms with Crippen molar-refractivity contribution in [3.8, 4) is 0 Å². The lowest BCUT2D eigenvalue weighted by Crippen LogP contribution is -2.46. The number of sulfone groups is 1.